The molecule has 1 aromatic rings. The maximum atomic E-state index is 12.1. The highest BCUT2D eigenvalue weighted by molar-refractivity contribution is 7.89. The van der Waals surface area contributed by atoms with E-state index in [0.29, 0.717) is 0 Å². The number of hydrogen-bond donors (Lipinski definition) is 2. The van der Waals surface area contributed by atoms with Crippen LogP contribution in [0, 0.1) is 10.1 Å². The van der Waals surface area contributed by atoms with Crippen LogP contribution in [0.1, 0.15) is 20.3 Å². The largest absolute Gasteiger partial charge is 0.466 e. The number of benzene rings is 1. The molecule has 0 saturated heterocycles. The Kier molecular flexibility index (Phi) is 6.40. The average molecular weight is 331 g/mol. The van der Waals surface area contributed by atoms with Crippen molar-refractivity contribution in [2.45, 2.75) is 31.2 Å². The summed E-state index contributed by atoms with van der Waals surface area (Å²) in [4.78, 5) is 22.9. The minimum absolute atomic E-state index is 0.0484. The number of nitro groups is 1. The molecule has 0 bridgehead atoms. The second-order valence-electron chi connectivity index (χ2n) is 4.38. The van der Waals surface area contributed by atoms with Gasteiger partial charge in [-0.2, -0.15) is 0 Å². The number of hydrogen-bond acceptors (Lipinski definition) is 7. The van der Waals surface area contributed by atoms with Crippen LogP contribution in [0.5, 0.6) is 0 Å². The first-order valence-corrected chi connectivity index (χ1v) is 7.92. The molecule has 0 aromatic heterocycles. The fourth-order valence-electron chi connectivity index (χ4n) is 1.59. The van der Waals surface area contributed by atoms with Crippen molar-refractivity contribution in [3.63, 3.8) is 0 Å². The molecule has 0 saturated carbocycles. The van der Waals surface area contributed by atoms with E-state index in [2.05, 4.69) is 5.43 Å². The summed E-state index contributed by atoms with van der Waals surface area (Å²) < 4.78 is 28.9. The van der Waals surface area contributed by atoms with Crippen LogP contribution in [0.25, 0.3) is 0 Å². The maximum Gasteiger partial charge on any atom is 0.307 e. The zero-order valence-corrected chi connectivity index (χ0v) is 12.9. The number of nitrogens with zero attached hydrogens (tertiary/aromatic N) is 1. The monoisotopic (exact) mass is 331 g/mol. The minimum atomic E-state index is -4.13. The predicted octanol–water partition coefficient (Wildman–Crippen LogP) is 0.719. The Morgan fingerprint density at radius 1 is 1.41 bits per heavy atom. The number of para-hydroxylation sites is 1. The SMILES string of the molecule is CCOC(=O)CC(C)NNS(=O)(=O)c1ccccc1[N+](=O)[O-]. The molecule has 0 heterocycles. The van der Waals surface area contributed by atoms with Crippen LogP contribution in [-0.2, 0) is 19.6 Å². The van der Waals surface area contributed by atoms with Gasteiger partial charge < -0.3 is 4.74 Å². The zero-order valence-electron chi connectivity index (χ0n) is 12.1. The Morgan fingerprint density at radius 2 is 2.05 bits per heavy atom. The van der Waals surface area contributed by atoms with Crippen molar-refractivity contribution < 1.29 is 22.9 Å². The first-order chi connectivity index (χ1) is 10.3. The van der Waals surface area contributed by atoms with Crippen molar-refractivity contribution in [1.82, 2.24) is 10.3 Å². The molecule has 1 rings (SSSR count). The lowest BCUT2D eigenvalue weighted by molar-refractivity contribution is -0.387. The van der Waals surface area contributed by atoms with E-state index in [1.165, 1.54) is 12.1 Å². The summed E-state index contributed by atoms with van der Waals surface area (Å²) >= 11 is 0. The third kappa shape index (κ3) is 5.06. The number of ether oxygens (including phenoxy) is 1. The number of hydrazine groups is 1. The molecule has 0 radical (unpaired) electrons. The molecular weight excluding hydrogens is 314 g/mol. The number of esters is 1. The molecule has 22 heavy (non-hydrogen) atoms. The van der Waals surface area contributed by atoms with Crippen molar-refractivity contribution >= 4 is 21.7 Å². The predicted molar refractivity (Wildman–Crippen MR) is 77.3 cm³/mol. The highest BCUT2D eigenvalue weighted by Crippen LogP contribution is 2.22. The van der Waals surface area contributed by atoms with E-state index in [1.54, 1.807) is 13.8 Å². The number of nitro benzene ring substituents is 1. The van der Waals surface area contributed by atoms with E-state index in [4.69, 9.17) is 4.74 Å². The third-order valence-corrected chi connectivity index (χ3v) is 3.88. The molecule has 9 nitrogen and oxygen atoms in total. The number of carbonyl (C=O) groups is 1. The van der Waals surface area contributed by atoms with E-state index in [-0.39, 0.29) is 13.0 Å². The Labute approximate surface area is 127 Å². The highest BCUT2D eigenvalue weighted by atomic mass is 32.2. The fourth-order valence-corrected chi connectivity index (χ4v) is 2.73. The van der Waals surface area contributed by atoms with Crippen molar-refractivity contribution in [2.24, 2.45) is 0 Å². The average Bonchev–Trinajstić information content (AvgIpc) is 2.45. The molecule has 122 valence electrons. The van der Waals surface area contributed by atoms with Crippen LogP contribution in [0.2, 0.25) is 0 Å². The van der Waals surface area contributed by atoms with Crippen molar-refractivity contribution in [2.75, 3.05) is 6.61 Å². The summed E-state index contributed by atoms with van der Waals surface area (Å²) in [5.41, 5.74) is 1.88. The summed E-state index contributed by atoms with van der Waals surface area (Å²) in [6.45, 7) is 3.46. The second-order valence-corrected chi connectivity index (χ2v) is 6.04. The normalized spacial score (nSPS) is 12.6. The van der Waals surface area contributed by atoms with Gasteiger partial charge in [-0.05, 0) is 19.9 Å². The minimum Gasteiger partial charge on any atom is -0.466 e. The van der Waals surface area contributed by atoms with Crippen LogP contribution in [-0.4, -0.2) is 32.0 Å². The van der Waals surface area contributed by atoms with Gasteiger partial charge in [-0.15, -0.1) is 4.83 Å². The van der Waals surface area contributed by atoms with Gasteiger partial charge in [0.25, 0.3) is 15.7 Å². The lowest BCUT2D eigenvalue weighted by atomic mass is 10.2. The molecule has 0 spiro atoms. The van der Waals surface area contributed by atoms with Crippen molar-refractivity contribution in [3.8, 4) is 0 Å². The molecule has 2 N–H and O–H groups in total. The Morgan fingerprint density at radius 3 is 2.64 bits per heavy atom. The number of nitrogens with one attached hydrogen (secondary N) is 2. The van der Waals surface area contributed by atoms with Gasteiger partial charge in [-0.3, -0.25) is 14.9 Å². The standard InChI is InChI=1S/C12H17N3O6S/c1-3-21-12(16)8-9(2)13-14-22(19,20)11-7-5-4-6-10(11)15(17)18/h4-7,9,13-14H,3,8H2,1-2H3. The van der Waals surface area contributed by atoms with Gasteiger partial charge in [0.2, 0.25) is 0 Å². The van der Waals surface area contributed by atoms with Gasteiger partial charge in [-0.25, -0.2) is 13.8 Å². The van der Waals surface area contributed by atoms with Crippen LogP contribution < -0.4 is 10.3 Å². The molecule has 1 aromatic carbocycles. The Bertz CT molecular complexity index is 646. The van der Waals surface area contributed by atoms with Gasteiger partial charge in [0.05, 0.1) is 18.0 Å². The van der Waals surface area contributed by atoms with E-state index in [1.807, 2.05) is 4.83 Å². The Hall–Kier alpha value is -2.04. The van der Waals surface area contributed by atoms with Crippen LogP contribution in [0.3, 0.4) is 0 Å². The molecule has 0 amide bonds. The maximum absolute atomic E-state index is 12.1. The van der Waals surface area contributed by atoms with E-state index in [0.717, 1.165) is 12.1 Å². The zero-order chi connectivity index (χ0) is 16.8. The summed E-state index contributed by atoms with van der Waals surface area (Å²) in [7, 11) is -4.13. The lowest BCUT2D eigenvalue weighted by Crippen LogP contribution is -2.44. The molecule has 0 aliphatic heterocycles. The van der Waals surface area contributed by atoms with Crippen molar-refractivity contribution in [1.29, 1.82) is 0 Å². The third-order valence-electron chi connectivity index (χ3n) is 2.57. The van der Waals surface area contributed by atoms with Gasteiger partial charge in [-0.1, -0.05) is 12.1 Å². The van der Waals surface area contributed by atoms with Gasteiger partial charge >= 0.3 is 5.97 Å². The quantitative estimate of drug-likeness (QED) is 0.408. The van der Waals surface area contributed by atoms with Gasteiger partial charge in [0.1, 0.15) is 0 Å². The number of rotatable bonds is 8. The molecule has 1 unspecified atom stereocenters. The summed E-state index contributed by atoms with van der Waals surface area (Å²) in [5, 5.41) is 10.9. The smallest absolute Gasteiger partial charge is 0.307 e. The number of carbonyl (C=O) groups excluding carboxylic acids is 1. The topological polar surface area (TPSA) is 128 Å². The summed E-state index contributed by atoms with van der Waals surface area (Å²) in [5.74, 6) is -0.479. The van der Waals surface area contributed by atoms with E-state index >= 15 is 0 Å². The fraction of sp³-hybridized carbons (Fsp3) is 0.417. The first kappa shape index (κ1) is 18.0. The van der Waals surface area contributed by atoms with Crippen LogP contribution in [0.4, 0.5) is 5.69 Å². The Balaban J connectivity index is 2.77. The summed E-state index contributed by atoms with van der Waals surface area (Å²) in [6.07, 6.45) is -0.0484. The molecule has 0 aliphatic carbocycles. The van der Waals surface area contributed by atoms with Crippen LogP contribution >= 0.6 is 0 Å². The van der Waals surface area contributed by atoms with E-state index in [9.17, 15) is 23.3 Å². The lowest BCUT2D eigenvalue weighted by Gasteiger charge is -2.14. The highest BCUT2D eigenvalue weighted by Gasteiger charge is 2.25. The van der Waals surface area contributed by atoms with E-state index < -0.39 is 37.5 Å². The molecule has 0 aliphatic rings. The molecule has 10 heteroatoms. The van der Waals surface area contributed by atoms with Gasteiger partial charge in [0.15, 0.2) is 4.90 Å². The van der Waals surface area contributed by atoms with Gasteiger partial charge in [0, 0.05) is 12.1 Å². The summed E-state index contributed by atoms with van der Waals surface area (Å²) in [6, 6.07) is 4.42. The van der Waals surface area contributed by atoms with Crippen LogP contribution in [0.15, 0.2) is 29.2 Å². The first-order valence-electron chi connectivity index (χ1n) is 6.44. The molecule has 1 atom stereocenters. The molecular formula is C12H17N3O6S. The number of sulfonamides is 1. The second kappa shape index (κ2) is 7.82. The molecule has 0 fully saturated rings. The van der Waals surface area contributed by atoms with Crippen molar-refractivity contribution in [3.05, 3.63) is 34.4 Å².